The Kier molecular flexibility index (Phi) is 4.62. The molecule has 4 heteroatoms. The van der Waals surface area contributed by atoms with E-state index in [9.17, 15) is 0 Å². The van der Waals surface area contributed by atoms with Crippen LogP contribution in [0.3, 0.4) is 0 Å². The Balaban J connectivity index is 1.77. The predicted molar refractivity (Wildman–Crippen MR) is 93.5 cm³/mol. The SMILES string of the molecule is Cc1ccc([C@@H]2CN(Cc3scnc3C)C[C@H]2N(C)C)cc1. The van der Waals surface area contributed by atoms with Crippen molar-refractivity contribution in [2.45, 2.75) is 32.4 Å². The van der Waals surface area contributed by atoms with Gasteiger partial charge in [-0.25, -0.2) is 4.98 Å². The number of hydrogen-bond acceptors (Lipinski definition) is 4. The molecule has 3 rings (SSSR count). The Morgan fingerprint density at radius 1 is 1.18 bits per heavy atom. The van der Waals surface area contributed by atoms with E-state index in [4.69, 9.17) is 0 Å². The second-order valence-corrected chi connectivity index (χ2v) is 7.54. The molecule has 1 aromatic heterocycles. The van der Waals surface area contributed by atoms with Gasteiger partial charge in [-0.05, 0) is 33.5 Å². The van der Waals surface area contributed by atoms with Gasteiger partial charge in [-0.1, -0.05) is 29.8 Å². The first-order valence-electron chi connectivity index (χ1n) is 7.89. The number of thiazole rings is 1. The number of rotatable bonds is 4. The number of likely N-dealkylation sites (N-methyl/N-ethyl adjacent to an activating group) is 1. The normalized spacial score (nSPS) is 22.6. The largest absolute Gasteiger partial charge is 0.305 e. The van der Waals surface area contributed by atoms with Crippen LogP contribution in [0.1, 0.15) is 27.6 Å². The van der Waals surface area contributed by atoms with Crippen LogP contribution in [0.4, 0.5) is 0 Å². The summed E-state index contributed by atoms with van der Waals surface area (Å²) >= 11 is 1.78. The van der Waals surface area contributed by atoms with E-state index in [-0.39, 0.29) is 0 Å². The van der Waals surface area contributed by atoms with Crippen LogP contribution < -0.4 is 0 Å². The van der Waals surface area contributed by atoms with Gasteiger partial charge in [0.15, 0.2) is 0 Å². The highest BCUT2D eigenvalue weighted by atomic mass is 32.1. The van der Waals surface area contributed by atoms with Crippen LogP contribution in [0, 0.1) is 13.8 Å². The van der Waals surface area contributed by atoms with Crippen molar-refractivity contribution in [2.24, 2.45) is 0 Å². The average Bonchev–Trinajstić information content (AvgIpc) is 3.08. The molecule has 1 saturated heterocycles. The highest BCUT2D eigenvalue weighted by Crippen LogP contribution is 2.32. The number of likely N-dealkylation sites (tertiary alicyclic amines) is 1. The lowest BCUT2D eigenvalue weighted by molar-refractivity contribution is 0.260. The predicted octanol–water partition coefficient (Wildman–Crippen LogP) is 3.29. The van der Waals surface area contributed by atoms with Crippen molar-refractivity contribution in [2.75, 3.05) is 27.2 Å². The van der Waals surface area contributed by atoms with Crippen LogP contribution in [0.15, 0.2) is 29.8 Å². The number of nitrogens with zero attached hydrogens (tertiary/aromatic N) is 3. The van der Waals surface area contributed by atoms with Crippen LogP contribution in [-0.4, -0.2) is 48.0 Å². The zero-order valence-corrected chi connectivity index (χ0v) is 14.7. The van der Waals surface area contributed by atoms with Crippen molar-refractivity contribution < 1.29 is 0 Å². The molecule has 3 nitrogen and oxygen atoms in total. The van der Waals surface area contributed by atoms with E-state index in [0.717, 1.165) is 19.6 Å². The molecule has 0 saturated carbocycles. The van der Waals surface area contributed by atoms with E-state index in [2.05, 4.69) is 67.0 Å². The van der Waals surface area contributed by atoms with Crippen LogP contribution in [0.5, 0.6) is 0 Å². The maximum Gasteiger partial charge on any atom is 0.0798 e. The van der Waals surface area contributed by atoms with Crippen molar-refractivity contribution >= 4 is 11.3 Å². The number of aryl methyl sites for hydroxylation is 2. The van der Waals surface area contributed by atoms with Crippen molar-refractivity contribution in [1.82, 2.24) is 14.8 Å². The minimum atomic E-state index is 0.580. The Hall–Kier alpha value is -1.23. The van der Waals surface area contributed by atoms with E-state index in [1.54, 1.807) is 11.3 Å². The molecule has 2 heterocycles. The topological polar surface area (TPSA) is 19.4 Å². The van der Waals surface area contributed by atoms with Crippen molar-refractivity contribution in [3.63, 3.8) is 0 Å². The molecular formula is C18H25N3S. The van der Waals surface area contributed by atoms with E-state index in [1.807, 2.05) is 5.51 Å². The lowest BCUT2D eigenvalue weighted by atomic mass is 9.93. The number of hydrogen-bond donors (Lipinski definition) is 0. The summed E-state index contributed by atoms with van der Waals surface area (Å²) in [5, 5.41) is 0. The lowest BCUT2D eigenvalue weighted by Gasteiger charge is -2.25. The molecule has 0 unspecified atom stereocenters. The van der Waals surface area contributed by atoms with Crippen molar-refractivity contribution in [1.29, 1.82) is 0 Å². The van der Waals surface area contributed by atoms with Gasteiger partial charge < -0.3 is 4.90 Å². The number of aromatic nitrogens is 1. The van der Waals surface area contributed by atoms with E-state index < -0.39 is 0 Å². The van der Waals surface area contributed by atoms with Crippen LogP contribution in [0.25, 0.3) is 0 Å². The smallest absolute Gasteiger partial charge is 0.0798 e. The summed E-state index contributed by atoms with van der Waals surface area (Å²) in [6.07, 6.45) is 0. The summed E-state index contributed by atoms with van der Waals surface area (Å²) in [6, 6.07) is 9.65. The van der Waals surface area contributed by atoms with Gasteiger partial charge in [0.25, 0.3) is 0 Å². The van der Waals surface area contributed by atoms with E-state index in [1.165, 1.54) is 21.7 Å². The second kappa shape index (κ2) is 6.49. The van der Waals surface area contributed by atoms with Gasteiger partial charge in [0, 0.05) is 36.5 Å². The summed E-state index contributed by atoms with van der Waals surface area (Å²) in [4.78, 5) is 10.7. The highest BCUT2D eigenvalue weighted by molar-refractivity contribution is 7.09. The lowest BCUT2D eigenvalue weighted by Crippen LogP contribution is -2.34. The van der Waals surface area contributed by atoms with E-state index >= 15 is 0 Å². The molecule has 118 valence electrons. The molecular weight excluding hydrogens is 290 g/mol. The van der Waals surface area contributed by atoms with E-state index in [0.29, 0.717) is 12.0 Å². The standard InChI is InChI=1S/C18H25N3S/c1-13-5-7-15(8-6-13)16-9-21(10-17(16)20(3)4)11-18-14(2)19-12-22-18/h5-8,12,16-17H,9-11H2,1-4H3/t16-,17+/m0/s1. The third-order valence-corrected chi connectivity index (χ3v) is 5.67. The number of benzene rings is 1. The summed E-state index contributed by atoms with van der Waals surface area (Å²) in [6.45, 7) is 7.55. The first-order valence-corrected chi connectivity index (χ1v) is 8.77. The van der Waals surface area contributed by atoms with Gasteiger partial charge in [0.1, 0.15) is 0 Å². The summed E-state index contributed by atoms with van der Waals surface area (Å²) < 4.78 is 0. The van der Waals surface area contributed by atoms with Gasteiger partial charge in [-0.15, -0.1) is 11.3 Å². The first kappa shape index (κ1) is 15.7. The highest BCUT2D eigenvalue weighted by Gasteiger charge is 2.35. The molecule has 1 fully saturated rings. The summed E-state index contributed by atoms with van der Waals surface area (Å²) in [5.41, 5.74) is 5.94. The molecule has 0 amide bonds. The van der Waals surface area contributed by atoms with Crippen LogP contribution in [0.2, 0.25) is 0 Å². The molecule has 0 aliphatic carbocycles. The molecule has 22 heavy (non-hydrogen) atoms. The first-order chi connectivity index (χ1) is 10.5. The fraction of sp³-hybridized carbons (Fsp3) is 0.500. The van der Waals surface area contributed by atoms with Crippen molar-refractivity contribution in [3.05, 3.63) is 51.5 Å². The monoisotopic (exact) mass is 315 g/mol. The molecule has 1 aliphatic rings. The fourth-order valence-electron chi connectivity index (χ4n) is 3.34. The maximum absolute atomic E-state index is 4.38. The van der Waals surface area contributed by atoms with Gasteiger partial charge in [-0.2, -0.15) is 0 Å². The van der Waals surface area contributed by atoms with Crippen LogP contribution in [-0.2, 0) is 6.54 Å². The van der Waals surface area contributed by atoms with Crippen LogP contribution >= 0.6 is 11.3 Å². The van der Waals surface area contributed by atoms with Gasteiger partial charge in [-0.3, -0.25) is 4.90 Å². The molecule has 2 aromatic rings. The zero-order chi connectivity index (χ0) is 15.7. The fourth-order valence-corrected chi connectivity index (χ4v) is 4.16. The quantitative estimate of drug-likeness (QED) is 0.863. The Morgan fingerprint density at radius 3 is 2.50 bits per heavy atom. The Morgan fingerprint density at radius 2 is 1.91 bits per heavy atom. The Bertz CT molecular complexity index is 618. The third-order valence-electron chi connectivity index (χ3n) is 4.75. The molecule has 1 aliphatic heterocycles. The molecule has 0 spiro atoms. The molecule has 0 radical (unpaired) electrons. The molecule has 0 bridgehead atoms. The molecule has 0 N–H and O–H groups in total. The van der Waals surface area contributed by atoms with Crippen molar-refractivity contribution in [3.8, 4) is 0 Å². The van der Waals surface area contributed by atoms with Gasteiger partial charge in [0.05, 0.1) is 11.2 Å². The summed E-state index contributed by atoms with van der Waals surface area (Å²) in [7, 11) is 4.40. The Labute approximate surface area is 137 Å². The van der Waals surface area contributed by atoms with Gasteiger partial charge in [0.2, 0.25) is 0 Å². The molecule has 2 atom stereocenters. The minimum absolute atomic E-state index is 0.580. The summed E-state index contributed by atoms with van der Waals surface area (Å²) in [5.74, 6) is 0.587. The second-order valence-electron chi connectivity index (χ2n) is 6.60. The van der Waals surface area contributed by atoms with Gasteiger partial charge >= 0.3 is 0 Å². The average molecular weight is 315 g/mol. The minimum Gasteiger partial charge on any atom is -0.305 e. The molecule has 1 aromatic carbocycles. The maximum atomic E-state index is 4.38. The zero-order valence-electron chi connectivity index (χ0n) is 13.9. The third kappa shape index (κ3) is 3.24.